The first kappa shape index (κ1) is 17.2. The number of carbonyl (C=O) groups is 1. The van der Waals surface area contributed by atoms with E-state index >= 15 is 0 Å². The number of halogens is 1. The van der Waals surface area contributed by atoms with Crippen molar-refractivity contribution in [1.29, 1.82) is 0 Å². The van der Waals surface area contributed by atoms with Crippen LogP contribution in [0.25, 0.3) is 0 Å². The zero-order valence-electron chi connectivity index (χ0n) is 13.3. The number of hydrogen-bond donors (Lipinski definition) is 0. The van der Waals surface area contributed by atoms with Crippen molar-refractivity contribution in [3.8, 4) is 5.75 Å². The third kappa shape index (κ3) is 5.49. The fourth-order valence-electron chi connectivity index (χ4n) is 2.19. The third-order valence-corrected chi connectivity index (χ3v) is 3.56. The summed E-state index contributed by atoms with van der Waals surface area (Å²) in [6.07, 6.45) is -0.697. The number of hydrogen-bond acceptors (Lipinski definition) is 4. The highest BCUT2D eigenvalue weighted by Gasteiger charge is 2.09. The summed E-state index contributed by atoms with van der Waals surface area (Å²) in [6.45, 7) is 5.57. The van der Waals surface area contributed by atoms with E-state index in [-0.39, 0.29) is 6.61 Å². The lowest BCUT2D eigenvalue weighted by atomic mass is 10.2. The van der Waals surface area contributed by atoms with E-state index in [0.29, 0.717) is 17.3 Å². The maximum atomic E-state index is 11.7. The molecule has 122 valence electrons. The van der Waals surface area contributed by atoms with Crippen LogP contribution in [0.3, 0.4) is 0 Å². The molecule has 0 aliphatic carbocycles. The Labute approximate surface area is 141 Å². The van der Waals surface area contributed by atoms with E-state index in [1.54, 1.807) is 12.1 Å². The van der Waals surface area contributed by atoms with Crippen LogP contribution in [-0.4, -0.2) is 25.9 Å². The molecule has 0 saturated heterocycles. The van der Waals surface area contributed by atoms with Crippen molar-refractivity contribution in [3.05, 3.63) is 59.1 Å². The SMILES string of the molecule is CCN(CCOC(=O)Oc1cccc(C)c1)c1cccc(Cl)c1. The molecule has 2 rings (SSSR count). The van der Waals surface area contributed by atoms with Crippen LogP contribution in [0.1, 0.15) is 12.5 Å². The van der Waals surface area contributed by atoms with E-state index in [9.17, 15) is 4.79 Å². The van der Waals surface area contributed by atoms with Crippen LogP contribution in [0.2, 0.25) is 5.02 Å². The number of ether oxygens (including phenoxy) is 2. The quantitative estimate of drug-likeness (QED) is 0.568. The van der Waals surface area contributed by atoms with Crippen molar-refractivity contribution in [2.45, 2.75) is 13.8 Å². The first-order valence-electron chi connectivity index (χ1n) is 7.50. The second-order valence-electron chi connectivity index (χ2n) is 5.08. The fraction of sp³-hybridized carbons (Fsp3) is 0.278. The Bertz CT molecular complexity index is 660. The number of likely N-dealkylation sites (N-methyl/N-ethyl adjacent to an activating group) is 1. The Hall–Kier alpha value is -2.20. The summed E-state index contributed by atoms with van der Waals surface area (Å²) in [4.78, 5) is 13.8. The largest absolute Gasteiger partial charge is 0.513 e. The molecule has 0 N–H and O–H groups in total. The average molecular weight is 334 g/mol. The van der Waals surface area contributed by atoms with Crippen molar-refractivity contribution in [3.63, 3.8) is 0 Å². The van der Waals surface area contributed by atoms with Crippen molar-refractivity contribution in [2.24, 2.45) is 0 Å². The topological polar surface area (TPSA) is 38.8 Å². The lowest BCUT2D eigenvalue weighted by Crippen LogP contribution is -2.28. The Morgan fingerprint density at radius 3 is 2.65 bits per heavy atom. The molecule has 0 aromatic heterocycles. The van der Waals surface area contributed by atoms with Crippen LogP contribution in [0.5, 0.6) is 5.75 Å². The number of anilines is 1. The predicted molar refractivity (Wildman–Crippen MR) is 92.5 cm³/mol. The van der Waals surface area contributed by atoms with Gasteiger partial charge in [-0.2, -0.15) is 0 Å². The van der Waals surface area contributed by atoms with Gasteiger partial charge in [-0.3, -0.25) is 0 Å². The van der Waals surface area contributed by atoms with E-state index in [1.165, 1.54) is 0 Å². The summed E-state index contributed by atoms with van der Waals surface area (Å²) in [6, 6.07) is 14.8. The van der Waals surface area contributed by atoms with Crippen LogP contribution in [0.15, 0.2) is 48.5 Å². The molecule has 0 amide bonds. The minimum absolute atomic E-state index is 0.241. The number of aryl methyl sites for hydroxylation is 1. The van der Waals surface area contributed by atoms with Gasteiger partial charge in [0.15, 0.2) is 0 Å². The average Bonchev–Trinajstić information content (AvgIpc) is 2.51. The summed E-state index contributed by atoms with van der Waals surface area (Å²) in [5, 5.41) is 0.681. The lowest BCUT2D eigenvalue weighted by molar-refractivity contribution is 0.101. The number of benzene rings is 2. The van der Waals surface area contributed by atoms with Gasteiger partial charge in [-0.15, -0.1) is 0 Å². The van der Waals surface area contributed by atoms with E-state index in [4.69, 9.17) is 21.1 Å². The molecule has 0 radical (unpaired) electrons. The van der Waals surface area contributed by atoms with Crippen LogP contribution in [-0.2, 0) is 4.74 Å². The van der Waals surface area contributed by atoms with E-state index in [1.807, 2.05) is 50.2 Å². The highest BCUT2D eigenvalue weighted by molar-refractivity contribution is 6.30. The molecule has 2 aromatic rings. The fourth-order valence-corrected chi connectivity index (χ4v) is 2.37. The molecule has 0 atom stereocenters. The van der Waals surface area contributed by atoms with E-state index in [2.05, 4.69) is 4.90 Å². The Balaban J connectivity index is 1.82. The van der Waals surface area contributed by atoms with Gasteiger partial charge in [0, 0.05) is 17.3 Å². The third-order valence-electron chi connectivity index (χ3n) is 3.33. The molecule has 0 bridgehead atoms. The number of rotatable bonds is 6. The minimum atomic E-state index is -0.697. The molecule has 5 heteroatoms. The second kappa shape index (κ2) is 8.44. The maximum absolute atomic E-state index is 11.7. The van der Waals surface area contributed by atoms with Gasteiger partial charge in [0.1, 0.15) is 12.4 Å². The van der Waals surface area contributed by atoms with E-state index < -0.39 is 6.16 Å². The maximum Gasteiger partial charge on any atom is 0.513 e. The van der Waals surface area contributed by atoms with Gasteiger partial charge < -0.3 is 14.4 Å². The van der Waals surface area contributed by atoms with Crippen LogP contribution in [0, 0.1) is 6.92 Å². The highest BCUT2D eigenvalue weighted by atomic mass is 35.5. The standard InChI is InChI=1S/C18H20ClNO3/c1-3-20(16-8-5-7-15(19)13-16)10-11-22-18(21)23-17-9-4-6-14(2)12-17/h4-9,12-13H,3,10-11H2,1-2H3. The molecular weight excluding hydrogens is 314 g/mol. The Morgan fingerprint density at radius 2 is 1.96 bits per heavy atom. The zero-order chi connectivity index (χ0) is 16.7. The van der Waals surface area contributed by atoms with Crippen molar-refractivity contribution >= 4 is 23.4 Å². The van der Waals surface area contributed by atoms with Gasteiger partial charge in [-0.05, 0) is 49.7 Å². The van der Waals surface area contributed by atoms with Gasteiger partial charge >= 0.3 is 6.16 Å². The van der Waals surface area contributed by atoms with Crippen LogP contribution < -0.4 is 9.64 Å². The van der Waals surface area contributed by atoms with E-state index in [0.717, 1.165) is 17.8 Å². The molecule has 0 spiro atoms. The molecule has 0 aliphatic heterocycles. The van der Waals surface area contributed by atoms with Crippen molar-refractivity contribution in [2.75, 3.05) is 24.6 Å². The molecule has 0 heterocycles. The first-order chi connectivity index (χ1) is 11.1. The molecule has 4 nitrogen and oxygen atoms in total. The van der Waals surface area contributed by atoms with Gasteiger partial charge in [0.25, 0.3) is 0 Å². The molecular formula is C18H20ClNO3. The Kier molecular flexibility index (Phi) is 6.29. The van der Waals surface area contributed by atoms with Gasteiger partial charge in [0.2, 0.25) is 0 Å². The normalized spacial score (nSPS) is 10.2. The number of nitrogens with zero attached hydrogens (tertiary/aromatic N) is 1. The van der Waals surface area contributed by atoms with Crippen molar-refractivity contribution in [1.82, 2.24) is 0 Å². The summed E-state index contributed by atoms with van der Waals surface area (Å²) in [7, 11) is 0. The lowest BCUT2D eigenvalue weighted by Gasteiger charge is -2.22. The van der Waals surface area contributed by atoms with Crippen LogP contribution >= 0.6 is 11.6 Å². The molecule has 23 heavy (non-hydrogen) atoms. The summed E-state index contributed by atoms with van der Waals surface area (Å²) in [5.74, 6) is 0.484. The summed E-state index contributed by atoms with van der Waals surface area (Å²) < 4.78 is 10.3. The van der Waals surface area contributed by atoms with Crippen LogP contribution in [0.4, 0.5) is 10.5 Å². The second-order valence-corrected chi connectivity index (χ2v) is 5.51. The molecule has 0 saturated carbocycles. The molecule has 0 unspecified atom stereocenters. The summed E-state index contributed by atoms with van der Waals surface area (Å²) in [5.41, 5.74) is 2.02. The monoisotopic (exact) mass is 333 g/mol. The smallest absolute Gasteiger partial charge is 0.432 e. The molecule has 0 fully saturated rings. The zero-order valence-corrected chi connectivity index (χ0v) is 14.0. The summed E-state index contributed by atoms with van der Waals surface area (Å²) >= 11 is 6.00. The van der Waals surface area contributed by atoms with Gasteiger partial charge in [-0.25, -0.2) is 4.79 Å². The molecule has 2 aromatic carbocycles. The number of carbonyl (C=O) groups excluding carboxylic acids is 1. The van der Waals surface area contributed by atoms with Gasteiger partial charge in [-0.1, -0.05) is 29.8 Å². The van der Waals surface area contributed by atoms with Crippen molar-refractivity contribution < 1.29 is 14.3 Å². The highest BCUT2D eigenvalue weighted by Crippen LogP contribution is 2.19. The molecule has 0 aliphatic rings. The van der Waals surface area contributed by atoms with Gasteiger partial charge in [0.05, 0.1) is 6.54 Å². The first-order valence-corrected chi connectivity index (χ1v) is 7.88. The predicted octanol–water partition coefficient (Wildman–Crippen LogP) is 4.69. The Morgan fingerprint density at radius 1 is 1.17 bits per heavy atom. The minimum Gasteiger partial charge on any atom is -0.432 e.